The van der Waals surface area contributed by atoms with Gasteiger partial charge >= 0.3 is 6.09 Å². The average molecular weight is 324 g/mol. The van der Waals surface area contributed by atoms with E-state index in [-0.39, 0.29) is 12.1 Å². The molecule has 0 radical (unpaired) electrons. The Hall–Kier alpha value is -1.56. The maximum Gasteiger partial charge on any atom is 0.407 e. The highest BCUT2D eigenvalue weighted by atomic mass is 16.6. The zero-order chi connectivity index (χ0) is 17.5. The molecule has 3 N–H and O–H groups in total. The number of hydrogen-bond acceptors (Lipinski definition) is 4. The first-order valence-corrected chi connectivity index (χ1v) is 8.43. The molecule has 0 aliphatic carbocycles. The van der Waals surface area contributed by atoms with Crippen LogP contribution in [0.15, 0.2) is 0 Å². The van der Waals surface area contributed by atoms with Gasteiger partial charge in [0, 0.05) is 30.4 Å². The molecule has 23 heavy (non-hydrogen) atoms. The molecule has 1 aromatic rings. The number of carbonyl (C=O) groups is 1. The molecule has 1 amide bonds. The monoisotopic (exact) mass is 324 g/mol. The predicted molar refractivity (Wildman–Crippen MR) is 92.5 cm³/mol. The van der Waals surface area contributed by atoms with Crippen molar-refractivity contribution in [2.24, 2.45) is 0 Å². The van der Waals surface area contributed by atoms with E-state index in [0.717, 1.165) is 37.2 Å². The van der Waals surface area contributed by atoms with Gasteiger partial charge in [-0.05, 0) is 41.0 Å². The molecule has 0 saturated carbocycles. The van der Waals surface area contributed by atoms with Crippen LogP contribution in [0.1, 0.15) is 63.9 Å². The normalized spacial score (nSPS) is 13.0. The number of amides is 1. The quantitative estimate of drug-likeness (QED) is 0.686. The number of unbranched alkanes of at least 4 members (excludes halogenated alkanes) is 1. The van der Waals surface area contributed by atoms with Crippen molar-refractivity contribution in [1.29, 1.82) is 0 Å². The summed E-state index contributed by atoms with van der Waals surface area (Å²) in [6.07, 6.45) is 2.91. The van der Waals surface area contributed by atoms with Gasteiger partial charge in [-0.1, -0.05) is 19.8 Å². The fourth-order valence-corrected chi connectivity index (χ4v) is 2.33. The molecule has 0 aliphatic rings. The average Bonchev–Trinajstić information content (AvgIpc) is 2.75. The molecule has 6 nitrogen and oxygen atoms in total. The van der Waals surface area contributed by atoms with Crippen LogP contribution in [0.4, 0.5) is 4.79 Å². The van der Waals surface area contributed by atoms with E-state index in [1.807, 2.05) is 34.6 Å². The van der Waals surface area contributed by atoms with Crippen LogP contribution in [0, 0.1) is 13.8 Å². The summed E-state index contributed by atoms with van der Waals surface area (Å²) >= 11 is 0. The third kappa shape index (κ3) is 7.50. The smallest absolute Gasteiger partial charge is 0.407 e. The molecule has 0 fully saturated rings. The van der Waals surface area contributed by atoms with Crippen molar-refractivity contribution in [2.75, 3.05) is 6.54 Å². The highest BCUT2D eigenvalue weighted by Gasteiger charge is 2.17. The Kier molecular flexibility index (Phi) is 7.55. The topological polar surface area (TPSA) is 79.0 Å². The largest absolute Gasteiger partial charge is 0.444 e. The SMILES string of the molecule is CCCCC(CNC(=O)OC(C)(C)C)NCc1c(C)n[nH]c1C. The van der Waals surface area contributed by atoms with Crippen LogP contribution in [-0.4, -0.2) is 34.5 Å². The summed E-state index contributed by atoms with van der Waals surface area (Å²) in [6, 6.07) is 0.219. The van der Waals surface area contributed by atoms with Gasteiger partial charge in [-0.3, -0.25) is 5.10 Å². The Balaban J connectivity index is 2.50. The maximum absolute atomic E-state index is 11.8. The number of rotatable bonds is 8. The molecule has 132 valence electrons. The van der Waals surface area contributed by atoms with Crippen molar-refractivity contribution in [3.05, 3.63) is 17.0 Å². The zero-order valence-corrected chi connectivity index (χ0v) is 15.4. The fourth-order valence-electron chi connectivity index (χ4n) is 2.33. The Morgan fingerprint density at radius 2 is 2.04 bits per heavy atom. The summed E-state index contributed by atoms with van der Waals surface area (Å²) in [6.45, 7) is 13.1. The number of aromatic amines is 1. The lowest BCUT2D eigenvalue weighted by Crippen LogP contribution is -2.42. The molecular weight excluding hydrogens is 292 g/mol. The summed E-state index contributed by atoms with van der Waals surface area (Å²) < 4.78 is 5.29. The van der Waals surface area contributed by atoms with Crippen LogP contribution < -0.4 is 10.6 Å². The first kappa shape index (κ1) is 19.5. The van der Waals surface area contributed by atoms with Crippen molar-refractivity contribution in [1.82, 2.24) is 20.8 Å². The van der Waals surface area contributed by atoms with E-state index in [9.17, 15) is 4.79 Å². The number of H-pyrrole nitrogens is 1. The molecule has 1 heterocycles. The van der Waals surface area contributed by atoms with Crippen molar-refractivity contribution >= 4 is 6.09 Å². The number of ether oxygens (including phenoxy) is 1. The van der Waals surface area contributed by atoms with E-state index in [4.69, 9.17) is 4.74 Å². The Bertz CT molecular complexity index is 472. The third-order valence-corrected chi connectivity index (χ3v) is 3.65. The minimum Gasteiger partial charge on any atom is -0.444 e. The lowest BCUT2D eigenvalue weighted by atomic mass is 10.1. The molecule has 0 bridgehead atoms. The van der Waals surface area contributed by atoms with Crippen LogP contribution >= 0.6 is 0 Å². The minimum atomic E-state index is -0.471. The molecular formula is C17H32N4O2. The van der Waals surface area contributed by atoms with Gasteiger partial charge in [0.05, 0.1) is 5.69 Å². The molecule has 0 aromatic carbocycles. The number of aryl methyl sites for hydroxylation is 2. The highest BCUT2D eigenvalue weighted by molar-refractivity contribution is 5.67. The van der Waals surface area contributed by atoms with E-state index >= 15 is 0 Å². The zero-order valence-electron chi connectivity index (χ0n) is 15.4. The summed E-state index contributed by atoms with van der Waals surface area (Å²) in [5.41, 5.74) is 2.83. The minimum absolute atomic E-state index is 0.219. The number of aromatic nitrogens is 2. The molecule has 1 atom stereocenters. The van der Waals surface area contributed by atoms with E-state index in [0.29, 0.717) is 6.54 Å². The predicted octanol–water partition coefficient (Wildman–Crippen LogP) is 3.20. The Morgan fingerprint density at radius 3 is 2.57 bits per heavy atom. The van der Waals surface area contributed by atoms with Gasteiger partial charge < -0.3 is 15.4 Å². The van der Waals surface area contributed by atoms with Gasteiger partial charge in [0.15, 0.2) is 0 Å². The second-order valence-corrected chi connectivity index (χ2v) is 7.02. The summed E-state index contributed by atoms with van der Waals surface area (Å²) in [7, 11) is 0. The van der Waals surface area contributed by atoms with Gasteiger partial charge in [-0.2, -0.15) is 5.10 Å². The van der Waals surface area contributed by atoms with Gasteiger partial charge in [0.1, 0.15) is 5.60 Å². The van der Waals surface area contributed by atoms with Crippen LogP contribution in [0.5, 0.6) is 0 Å². The summed E-state index contributed by atoms with van der Waals surface area (Å²) in [5.74, 6) is 0. The summed E-state index contributed by atoms with van der Waals surface area (Å²) in [4.78, 5) is 11.8. The van der Waals surface area contributed by atoms with Crippen LogP contribution in [0.3, 0.4) is 0 Å². The van der Waals surface area contributed by atoms with Crippen LogP contribution in [-0.2, 0) is 11.3 Å². The molecule has 0 spiro atoms. The fraction of sp³-hybridized carbons (Fsp3) is 0.765. The maximum atomic E-state index is 11.8. The number of nitrogens with zero attached hydrogens (tertiary/aromatic N) is 1. The van der Waals surface area contributed by atoms with Crippen molar-refractivity contribution in [2.45, 2.75) is 79.0 Å². The third-order valence-electron chi connectivity index (χ3n) is 3.65. The second-order valence-electron chi connectivity index (χ2n) is 7.02. The van der Waals surface area contributed by atoms with Gasteiger partial charge in [-0.25, -0.2) is 4.79 Å². The number of carbonyl (C=O) groups excluding carboxylic acids is 1. The highest BCUT2D eigenvalue weighted by Crippen LogP contribution is 2.10. The molecule has 1 unspecified atom stereocenters. The first-order chi connectivity index (χ1) is 10.7. The standard InChI is InChI=1S/C17H32N4O2/c1-7-8-9-14(10-19-16(22)23-17(4,5)6)18-11-15-12(2)20-21-13(15)3/h14,18H,7-11H2,1-6H3,(H,19,22)(H,20,21). The van der Waals surface area contributed by atoms with Crippen LogP contribution in [0.25, 0.3) is 0 Å². The van der Waals surface area contributed by atoms with Crippen molar-refractivity contribution in [3.63, 3.8) is 0 Å². The molecule has 1 rings (SSSR count). The van der Waals surface area contributed by atoms with Gasteiger partial charge in [0.25, 0.3) is 0 Å². The Labute approximate surface area is 139 Å². The van der Waals surface area contributed by atoms with Gasteiger partial charge in [-0.15, -0.1) is 0 Å². The number of hydrogen-bond donors (Lipinski definition) is 3. The molecule has 1 aromatic heterocycles. The summed E-state index contributed by atoms with van der Waals surface area (Å²) in [5, 5.41) is 13.6. The van der Waals surface area contributed by atoms with Crippen molar-refractivity contribution < 1.29 is 9.53 Å². The lowest BCUT2D eigenvalue weighted by Gasteiger charge is -2.23. The van der Waals surface area contributed by atoms with E-state index < -0.39 is 5.60 Å². The van der Waals surface area contributed by atoms with E-state index in [2.05, 4.69) is 27.8 Å². The molecule has 0 aliphatic heterocycles. The number of nitrogens with one attached hydrogen (secondary N) is 3. The first-order valence-electron chi connectivity index (χ1n) is 8.43. The lowest BCUT2D eigenvalue weighted by molar-refractivity contribution is 0.0521. The van der Waals surface area contributed by atoms with Gasteiger partial charge in [0.2, 0.25) is 0 Å². The molecule has 0 saturated heterocycles. The van der Waals surface area contributed by atoms with E-state index in [1.165, 1.54) is 5.56 Å². The Morgan fingerprint density at radius 1 is 1.35 bits per heavy atom. The number of alkyl carbamates (subject to hydrolysis) is 1. The van der Waals surface area contributed by atoms with Crippen LogP contribution in [0.2, 0.25) is 0 Å². The van der Waals surface area contributed by atoms with Crippen molar-refractivity contribution in [3.8, 4) is 0 Å². The second kappa shape index (κ2) is 8.91. The molecule has 6 heteroatoms. The van der Waals surface area contributed by atoms with E-state index in [1.54, 1.807) is 0 Å².